The van der Waals surface area contributed by atoms with Crippen LogP contribution in [-0.4, -0.2) is 19.1 Å². The summed E-state index contributed by atoms with van der Waals surface area (Å²) in [4.78, 5) is 0. The van der Waals surface area contributed by atoms with Crippen LogP contribution >= 0.6 is 0 Å². The van der Waals surface area contributed by atoms with E-state index in [0.29, 0.717) is 0 Å². The molecule has 2 saturated carbocycles. The molecule has 0 amide bonds. The molecule has 2 unspecified atom stereocenters. The van der Waals surface area contributed by atoms with Crippen molar-refractivity contribution in [1.82, 2.24) is 5.32 Å². The molecule has 2 nitrogen and oxygen atoms in total. The highest BCUT2D eigenvalue weighted by atomic mass is 14.9. The van der Waals surface area contributed by atoms with Crippen LogP contribution in [0.5, 0.6) is 0 Å². The minimum atomic E-state index is 0.819. The molecule has 2 aliphatic rings. The highest BCUT2D eigenvalue weighted by molar-refractivity contribution is 4.83. The molecule has 2 heteroatoms. The lowest BCUT2D eigenvalue weighted by Gasteiger charge is -2.28. The fourth-order valence-electron chi connectivity index (χ4n) is 2.42. The van der Waals surface area contributed by atoms with E-state index >= 15 is 0 Å². The van der Waals surface area contributed by atoms with Crippen LogP contribution in [0.25, 0.3) is 0 Å². The lowest BCUT2D eigenvalue weighted by atomic mass is 9.81. The molecule has 0 radical (unpaired) electrons. The molecule has 76 valence electrons. The van der Waals surface area contributed by atoms with E-state index < -0.39 is 0 Å². The summed E-state index contributed by atoms with van der Waals surface area (Å²) in [5.41, 5.74) is 5.71. The second kappa shape index (κ2) is 4.43. The molecule has 2 fully saturated rings. The van der Waals surface area contributed by atoms with Gasteiger partial charge in [0.1, 0.15) is 0 Å². The number of nitrogens with one attached hydrogen (secondary N) is 1. The van der Waals surface area contributed by atoms with Crippen LogP contribution in [0.4, 0.5) is 0 Å². The molecular weight excluding hydrogens is 160 g/mol. The van der Waals surface area contributed by atoms with Gasteiger partial charge in [-0.3, -0.25) is 0 Å². The van der Waals surface area contributed by atoms with Gasteiger partial charge in [-0.2, -0.15) is 0 Å². The van der Waals surface area contributed by atoms with Crippen LogP contribution in [0.2, 0.25) is 0 Å². The van der Waals surface area contributed by atoms with Gasteiger partial charge in [0.2, 0.25) is 0 Å². The minimum Gasteiger partial charge on any atom is -0.330 e. The van der Waals surface area contributed by atoms with Gasteiger partial charge in [-0.1, -0.05) is 6.42 Å². The van der Waals surface area contributed by atoms with Crippen molar-refractivity contribution in [3.8, 4) is 0 Å². The third-order valence-corrected chi connectivity index (χ3v) is 3.50. The Morgan fingerprint density at radius 3 is 2.54 bits per heavy atom. The predicted molar refractivity (Wildman–Crippen MR) is 55.5 cm³/mol. The fourth-order valence-corrected chi connectivity index (χ4v) is 2.42. The Labute approximate surface area is 81.3 Å². The third-order valence-electron chi connectivity index (χ3n) is 3.50. The highest BCUT2D eigenvalue weighted by Crippen LogP contribution is 2.28. The van der Waals surface area contributed by atoms with Crippen LogP contribution in [0.1, 0.15) is 38.5 Å². The van der Waals surface area contributed by atoms with Crippen molar-refractivity contribution in [2.75, 3.05) is 13.1 Å². The SMILES string of the molecule is NCC1CCCC(CNC2CC2)C1. The fraction of sp³-hybridized carbons (Fsp3) is 1.00. The molecule has 0 spiro atoms. The molecule has 0 heterocycles. The standard InChI is InChI=1S/C11H22N2/c12-7-9-2-1-3-10(6-9)8-13-11-4-5-11/h9-11,13H,1-8,12H2. The van der Waals surface area contributed by atoms with Gasteiger partial charge >= 0.3 is 0 Å². The molecule has 2 atom stereocenters. The van der Waals surface area contributed by atoms with Gasteiger partial charge in [0.15, 0.2) is 0 Å². The molecule has 0 bridgehead atoms. The van der Waals surface area contributed by atoms with Gasteiger partial charge in [0.25, 0.3) is 0 Å². The van der Waals surface area contributed by atoms with E-state index in [1.54, 1.807) is 0 Å². The van der Waals surface area contributed by atoms with Crippen molar-refractivity contribution in [3.63, 3.8) is 0 Å². The maximum atomic E-state index is 5.71. The zero-order valence-electron chi connectivity index (χ0n) is 8.47. The van der Waals surface area contributed by atoms with E-state index in [0.717, 1.165) is 24.4 Å². The van der Waals surface area contributed by atoms with E-state index in [4.69, 9.17) is 5.73 Å². The summed E-state index contributed by atoms with van der Waals surface area (Å²) in [6.07, 6.45) is 8.39. The number of hydrogen-bond donors (Lipinski definition) is 2. The molecule has 0 saturated heterocycles. The summed E-state index contributed by atoms with van der Waals surface area (Å²) < 4.78 is 0. The quantitative estimate of drug-likeness (QED) is 0.691. The monoisotopic (exact) mass is 182 g/mol. The van der Waals surface area contributed by atoms with Crippen molar-refractivity contribution in [2.45, 2.75) is 44.6 Å². The minimum absolute atomic E-state index is 0.819. The van der Waals surface area contributed by atoms with Crippen molar-refractivity contribution < 1.29 is 0 Å². The van der Waals surface area contributed by atoms with E-state index in [2.05, 4.69) is 5.32 Å². The first-order chi connectivity index (χ1) is 6.38. The number of nitrogens with two attached hydrogens (primary N) is 1. The van der Waals surface area contributed by atoms with Gasteiger partial charge in [0, 0.05) is 6.04 Å². The van der Waals surface area contributed by atoms with E-state index in [9.17, 15) is 0 Å². The molecular formula is C11H22N2. The topological polar surface area (TPSA) is 38.0 Å². The Bertz CT molecular complexity index is 154. The van der Waals surface area contributed by atoms with Crippen molar-refractivity contribution >= 4 is 0 Å². The lowest BCUT2D eigenvalue weighted by Crippen LogP contribution is -2.30. The maximum absolute atomic E-state index is 5.71. The van der Waals surface area contributed by atoms with Gasteiger partial charge in [-0.15, -0.1) is 0 Å². The van der Waals surface area contributed by atoms with Crippen molar-refractivity contribution in [2.24, 2.45) is 17.6 Å². The Morgan fingerprint density at radius 2 is 1.85 bits per heavy atom. The van der Waals surface area contributed by atoms with Gasteiger partial charge in [0.05, 0.1) is 0 Å². The molecule has 3 N–H and O–H groups in total. The summed E-state index contributed by atoms with van der Waals surface area (Å²) in [6, 6.07) is 0.873. The number of rotatable bonds is 4. The summed E-state index contributed by atoms with van der Waals surface area (Å²) in [7, 11) is 0. The zero-order chi connectivity index (χ0) is 9.10. The van der Waals surface area contributed by atoms with Crippen LogP contribution in [0.3, 0.4) is 0 Å². The van der Waals surface area contributed by atoms with Crippen molar-refractivity contribution in [1.29, 1.82) is 0 Å². The van der Waals surface area contributed by atoms with E-state index in [1.807, 2.05) is 0 Å². The largest absolute Gasteiger partial charge is 0.330 e. The summed E-state index contributed by atoms with van der Waals surface area (Å²) in [5, 5.41) is 3.63. The summed E-state index contributed by atoms with van der Waals surface area (Å²) in [6.45, 7) is 2.15. The van der Waals surface area contributed by atoms with Crippen molar-refractivity contribution in [3.05, 3.63) is 0 Å². The van der Waals surface area contributed by atoms with E-state index in [-0.39, 0.29) is 0 Å². The molecule has 0 aliphatic heterocycles. The average Bonchev–Trinajstić information content (AvgIpc) is 2.99. The highest BCUT2D eigenvalue weighted by Gasteiger charge is 2.24. The first kappa shape index (κ1) is 9.47. The molecule has 2 aliphatic carbocycles. The molecule has 13 heavy (non-hydrogen) atoms. The van der Waals surface area contributed by atoms with Crippen LogP contribution in [0, 0.1) is 11.8 Å². The zero-order valence-corrected chi connectivity index (χ0v) is 8.47. The Hall–Kier alpha value is -0.0800. The molecule has 2 rings (SSSR count). The van der Waals surface area contributed by atoms with Gasteiger partial charge < -0.3 is 11.1 Å². The first-order valence-electron chi connectivity index (χ1n) is 5.82. The summed E-state index contributed by atoms with van der Waals surface area (Å²) in [5.74, 6) is 1.74. The first-order valence-corrected chi connectivity index (χ1v) is 5.82. The third kappa shape index (κ3) is 2.96. The van der Waals surface area contributed by atoms with Gasteiger partial charge in [-0.25, -0.2) is 0 Å². The second-order valence-electron chi connectivity index (χ2n) is 4.82. The number of hydrogen-bond acceptors (Lipinski definition) is 2. The molecule has 0 aromatic rings. The Balaban J connectivity index is 1.65. The molecule has 0 aromatic carbocycles. The molecule has 0 aromatic heterocycles. The second-order valence-corrected chi connectivity index (χ2v) is 4.82. The summed E-state index contributed by atoms with van der Waals surface area (Å²) >= 11 is 0. The van der Waals surface area contributed by atoms with E-state index in [1.165, 1.54) is 45.1 Å². The lowest BCUT2D eigenvalue weighted by molar-refractivity contribution is 0.264. The van der Waals surface area contributed by atoms with Crippen LogP contribution in [0.15, 0.2) is 0 Å². The normalized spacial score (nSPS) is 34.8. The predicted octanol–water partition coefficient (Wildman–Crippen LogP) is 1.50. The smallest absolute Gasteiger partial charge is 0.00683 e. The van der Waals surface area contributed by atoms with Crippen LogP contribution < -0.4 is 11.1 Å². The maximum Gasteiger partial charge on any atom is 0.00683 e. The Kier molecular flexibility index (Phi) is 3.23. The van der Waals surface area contributed by atoms with Gasteiger partial charge in [-0.05, 0) is 57.0 Å². The average molecular weight is 182 g/mol. The Morgan fingerprint density at radius 1 is 1.08 bits per heavy atom. The van der Waals surface area contributed by atoms with Crippen LogP contribution in [-0.2, 0) is 0 Å².